The number of amides is 3. The number of rotatable bonds is 6. The van der Waals surface area contributed by atoms with Gasteiger partial charge in [-0.25, -0.2) is 4.79 Å². The quantitative estimate of drug-likeness (QED) is 0.490. The highest BCUT2D eigenvalue weighted by Crippen LogP contribution is 2.28. The third-order valence-corrected chi connectivity index (χ3v) is 6.53. The molecule has 3 amide bonds. The molecule has 0 spiro atoms. The lowest BCUT2D eigenvalue weighted by molar-refractivity contribution is -0.131. The number of likely N-dealkylation sites (tertiary alicyclic amines) is 1. The lowest BCUT2D eigenvalue weighted by Gasteiger charge is -2.32. The molecule has 3 rings (SSSR count). The van der Waals surface area contributed by atoms with Crippen LogP contribution in [0.5, 0.6) is 0 Å². The van der Waals surface area contributed by atoms with Crippen molar-refractivity contribution in [2.75, 3.05) is 6.54 Å². The van der Waals surface area contributed by atoms with E-state index >= 15 is 0 Å². The van der Waals surface area contributed by atoms with Gasteiger partial charge in [0.2, 0.25) is 5.91 Å². The van der Waals surface area contributed by atoms with E-state index in [-0.39, 0.29) is 30.4 Å². The first-order valence-corrected chi connectivity index (χ1v) is 11.2. The number of imide groups is 1. The van der Waals surface area contributed by atoms with Gasteiger partial charge in [-0.3, -0.25) is 15.1 Å². The molecule has 30 heavy (non-hydrogen) atoms. The predicted molar refractivity (Wildman–Crippen MR) is 118 cm³/mol. The van der Waals surface area contributed by atoms with Crippen LogP contribution in [0, 0.1) is 11.3 Å². The molecule has 0 radical (unpaired) electrons. The van der Waals surface area contributed by atoms with E-state index in [1.54, 1.807) is 17.0 Å². The van der Waals surface area contributed by atoms with E-state index in [1.807, 2.05) is 19.1 Å². The first-order chi connectivity index (χ1) is 14.4. The summed E-state index contributed by atoms with van der Waals surface area (Å²) in [5, 5.41) is 7.53. The SMILES string of the molecule is C[C@@H]1CCCN1C(=O)N(Cc1ccc(C(=N)N)cc1)C(=O)[C@H](N)CC1CCCCC1. The van der Waals surface area contributed by atoms with Gasteiger partial charge in [0.05, 0.1) is 12.6 Å². The number of benzene rings is 1. The minimum absolute atomic E-state index is 0.00838. The van der Waals surface area contributed by atoms with Crippen LogP contribution in [-0.2, 0) is 11.3 Å². The molecule has 0 bridgehead atoms. The second kappa shape index (κ2) is 10.1. The van der Waals surface area contributed by atoms with E-state index < -0.39 is 6.04 Å². The lowest BCUT2D eigenvalue weighted by Crippen LogP contribution is -2.52. The van der Waals surface area contributed by atoms with Crippen molar-refractivity contribution in [2.24, 2.45) is 17.4 Å². The zero-order valence-corrected chi connectivity index (χ0v) is 18.0. The van der Waals surface area contributed by atoms with Crippen molar-refractivity contribution >= 4 is 17.8 Å². The highest BCUT2D eigenvalue weighted by molar-refractivity contribution is 5.97. The van der Waals surface area contributed by atoms with Gasteiger partial charge in [0.25, 0.3) is 0 Å². The summed E-state index contributed by atoms with van der Waals surface area (Å²) in [5.74, 6) is 0.168. The number of amidine groups is 1. The zero-order chi connectivity index (χ0) is 21.7. The molecule has 7 nitrogen and oxygen atoms in total. The van der Waals surface area contributed by atoms with Crippen LogP contribution >= 0.6 is 0 Å². The summed E-state index contributed by atoms with van der Waals surface area (Å²) in [6.07, 6.45) is 8.43. The van der Waals surface area contributed by atoms with Crippen LogP contribution in [0.25, 0.3) is 0 Å². The summed E-state index contributed by atoms with van der Waals surface area (Å²) >= 11 is 0. The van der Waals surface area contributed by atoms with Gasteiger partial charge >= 0.3 is 6.03 Å². The molecule has 2 aliphatic rings. The Bertz CT molecular complexity index is 757. The van der Waals surface area contributed by atoms with Crippen molar-refractivity contribution < 1.29 is 9.59 Å². The molecule has 7 heteroatoms. The average Bonchev–Trinajstić information content (AvgIpc) is 3.18. The van der Waals surface area contributed by atoms with Gasteiger partial charge in [-0.2, -0.15) is 0 Å². The van der Waals surface area contributed by atoms with Crippen LogP contribution in [0.4, 0.5) is 4.79 Å². The smallest absolute Gasteiger partial charge is 0.327 e. The highest BCUT2D eigenvalue weighted by atomic mass is 16.2. The minimum atomic E-state index is -0.661. The normalized spacial score (nSPS) is 20.7. The van der Waals surface area contributed by atoms with Crippen molar-refractivity contribution in [3.63, 3.8) is 0 Å². The Morgan fingerprint density at radius 2 is 1.80 bits per heavy atom. The van der Waals surface area contributed by atoms with Crippen molar-refractivity contribution in [2.45, 2.75) is 76.9 Å². The number of urea groups is 1. The molecule has 1 aliphatic heterocycles. The van der Waals surface area contributed by atoms with Crippen LogP contribution in [0.1, 0.15) is 69.4 Å². The van der Waals surface area contributed by atoms with Gasteiger partial charge < -0.3 is 16.4 Å². The number of nitrogen functional groups attached to an aromatic ring is 1. The second-order valence-electron chi connectivity index (χ2n) is 8.85. The molecule has 1 saturated heterocycles. The molecule has 2 fully saturated rings. The van der Waals surface area contributed by atoms with Crippen LogP contribution in [-0.4, -0.2) is 46.2 Å². The molecule has 1 saturated carbocycles. The van der Waals surface area contributed by atoms with Crippen molar-refractivity contribution in [3.8, 4) is 0 Å². The fourth-order valence-corrected chi connectivity index (χ4v) is 4.67. The summed E-state index contributed by atoms with van der Waals surface area (Å²) in [6.45, 7) is 2.87. The Kier molecular flexibility index (Phi) is 7.48. The van der Waals surface area contributed by atoms with E-state index in [0.717, 1.165) is 31.2 Å². The average molecular weight is 414 g/mol. The second-order valence-corrected chi connectivity index (χ2v) is 8.85. The number of hydrogen-bond acceptors (Lipinski definition) is 4. The van der Waals surface area contributed by atoms with E-state index in [1.165, 1.54) is 24.2 Å². The molecule has 1 aromatic rings. The molecule has 1 aromatic carbocycles. The van der Waals surface area contributed by atoms with Crippen LogP contribution < -0.4 is 11.5 Å². The molecular formula is C23H35N5O2. The topological polar surface area (TPSA) is 117 Å². The number of nitrogens with one attached hydrogen (secondary N) is 1. The Balaban J connectivity index is 1.76. The maximum Gasteiger partial charge on any atom is 0.327 e. The number of hydrogen-bond donors (Lipinski definition) is 3. The Morgan fingerprint density at radius 3 is 2.37 bits per heavy atom. The van der Waals surface area contributed by atoms with Crippen molar-refractivity contribution in [3.05, 3.63) is 35.4 Å². The summed E-state index contributed by atoms with van der Waals surface area (Å²) in [5.41, 5.74) is 13.3. The fourth-order valence-electron chi connectivity index (χ4n) is 4.67. The third-order valence-electron chi connectivity index (χ3n) is 6.53. The summed E-state index contributed by atoms with van der Waals surface area (Å²) in [6, 6.07) is 6.32. The number of nitrogens with zero attached hydrogens (tertiary/aromatic N) is 2. The number of nitrogens with two attached hydrogens (primary N) is 2. The van der Waals surface area contributed by atoms with E-state index in [2.05, 4.69) is 0 Å². The van der Waals surface area contributed by atoms with Crippen LogP contribution in [0.15, 0.2) is 24.3 Å². The first-order valence-electron chi connectivity index (χ1n) is 11.2. The standard InChI is InChI=1S/C23H35N5O2/c1-16-6-5-13-27(16)23(30)28(15-18-9-11-19(12-10-18)21(25)26)22(29)20(24)14-17-7-3-2-4-8-17/h9-12,16-17,20H,2-8,13-15,24H2,1H3,(H3,25,26)/t16-,20-/m1/s1. The zero-order valence-electron chi connectivity index (χ0n) is 18.0. The highest BCUT2D eigenvalue weighted by Gasteiger charge is 2.35. The number of carbonyl (C=O) groups is 2. The molecule has 0 unspecified atom stereocenters. The lowest BCUT2D eigenvalue weighted by atomic mass is 9.85. The monoisotopic (exact) mass is 413 g/mol. The molecule has 1 heterocycles. The van der Waals surface area contributed by atoms with Gasteiger partial charge in [0.15, 0.2) is 0 Å². The van der Waals surface area contributed by atoms with E-state index in [4.69, 9.17) is 16.9 Å². The molecule has 164 valence electrons. The van der Waals surface area contributed by atoms with Gasteiger partial charge in [0.1, 0.15) is 5.84 Å². The van der Waals surface area contributed by atoms with Crippen LogP contribution in [0.2, 0.25) is 0 Å². The number of carbonyl (C=O) groups excluding carboxylic acids is 2. The van der Waals surface area contributed by atoms with Crippen molar-refractivity contribution in [1.82, 2.24) is 9.80 Å². The summed E-state index contributed by atoms with van der Waals surface area (Å²) in [7, 11) is 0. The molecule has 5 N–H and O–H groups in total. The van der Waals surface area contributed by atoms with Gasteiger partial charge in [-0.15, -0.1) is 0 Å². The van der Waals surface area contributed by atoms with Gasteiger partial charge in [0, 0.05) is 18.2 Å². The van der Waals surface area contributed by atoms with Crippen molar-refractivity contribution in [1.29, 1.82) is 5.41 Å². The largest absolute Gasteiger partial charge is 0.384 e. The summed E-state index contributed by atoms with van der Waals surface area (Å²) < 4.78 is 0. The maximum absolute atomic E-state index is 13.3. The first kappa shape index (κ1) is 22.3. The maximum atomic E-state index is 13.3. The van der Waals surface area contributed by atoms with E-state index in [9.17, 15) is 9.59 Å². The summed E-state index contributed by atoms with van der Waals surface area (Å²) in [4.78, 5) is 29.7. The fraction of sp³-hybridized carbons (Fsp3) is 0.609. The van der Waals surface area contributed by atoms with E-state index in [0.29, 0.717) is 24.4 Å². The minimum Gasteiger partial charge on any atom is -0.384 e. The predicted octanol–water partition coefficient (Wildman–Crippen LogP) is 3.20. The molecule has 1 aliphatic carbocycles. The molecule has 2 atom stereocenters. The Morgan fingerprint density at radius 1 is 1.13 bits per heavy atom. The Hall–Kier alpha value is -2.41. The molecular weight excluding hydrogens is 378 g/mol. The molecule has 0 aromatic heterocycles. The Labute approximate surface area is 179 Å². The van der Waals surface area contributed by atoms with Crippen LogP contribution in [0.3, 0.4) is 0 Å². The third kappa shape index (κ3) is 5.39. The van der Waals surface area contributed by atoms with Gasteiger partial charge in [-0.1, -0.05) is 56.4 Å². The van der Waals surface area contributed by atoms with Gasteiger partial charge in [-0.05, 0) is 37.7 Å².